The smallest absolute Gasteiger partial charge is 0.220 e. The molecule has 0 aromatic carbocycles. The van der Waals surface area contributed by atoms with Crippen molar-refractivity contribution in [3.05, 3.63) is 12.7 Å². The zero-order valence-corrected chi connectivity index (χ0v) is 10.5. The van der Waals surface area contributed by atoms with Crippen molar-refractivity contribution in [2.45, 2.75) is 32.2 Å². The van der Waals surface area contributed by atoms with E-state index in [4.69, 9.17) is 5.73 Å². The van der Waals surface area contributed by atoms with E-state index >= 15 is 0 Å². The molecule has 0 aromatic rings. The Bertz CT molecular complexity index is 199. The third kappa shape index (κ3) is 11.4. The van der Waals surface area contributed by atoms with Gasteiger partial charge in [-0.25, -0.2) is 0 Å². The van der Waals surface area contributed by atoms with Crippen LogP contribution in [-0.2, 0) is 4.79 Å². The van der Waals surface area contributed by atoms with Crippen LogP contribution in [0.4, 0.5) is 0 Å². The molecule has 0 bridgehead atoms. The minimum Gasteiger partial charge on any atom is -0.355 e. The summed E-state index contributed by atoms with van der Waals surface area (Å²) in [5, 5.41) is 2.86. The average Bonchev–Trinajstić information content (AvgIpc) is 2.13. The number of hydrogen-bond donors (Lipinski definition) is 2. The van der Waals surface area contributed by atoms with Gasteiger partial charge in [-0.05, 0) is 20.3 Å². The zero-order chi connectivity index (χ0) is 11.7. The number of hydrogen-bond acceptors (Lipinski definition) is 3. The minimum atomic E-state index is -0.255. The van der Waals surface area contributed by atoms with Gasteiger partial charge in [-0.3, -0.25) is 4.79 Å². The van der Waals surface area contributed by atoms with Gasteiger partial charge in [0.15, 0.2) is 0 Å². The summed E-state index contributed by atoms with van der Waals surface area (Å²) in [6.07, 6.45) is 3.09. The molecule has 0 saturated carbocycles. The summed E-state index contributed by atoms with van der Waals surface area (Å²) in [6.45, 7) is 8.21. The molecule has 3 nitrogen and oxygen atoms in total. The van der Waals surface area contributed by atoms with Gasteiger partial charge >= 0.3 is 0 Å². The molecule has 0 spiro atoms. The van der Waals surface area contributed by atoms with E-state index in [0.717, 1.165) is 24.5 Å². The molecular formula is C11H22N2OS. The van der Waals surface area contributed by atoms with Crippen molar-refractivity contribution in [3.63, 3.8) is 0 Å². The highest BCUT2D eigenvalue weighted by Gasteiger charge is 2.12. The molecule has 0 saturated heterocycles. The summed E-state index contributed by atoms with van der Waals surface area (Å²) in [5.41, 5.74) is 5.53. The first-order chi connectivity index (χ1) is 6.95. The summed E-state index contributed by atoms with van der Waals surface area (Å²) in [4.78, 5) is 11.3. The van der Waals surface area contributed by atoms with Gasteiger partial charge in [0.1, 0.15) is 0 Å². The fourth-order valence-electron chi connectivity index (χ4n) is 0.953. The third-order valence-electron chi connectivity index (χ3n) is 1.80. The maximum Gasteiger partial charge on any atom is 0.220 e. The zero-order valence-electron chi connectivity index (χ0n) is 9.71. The van der Waals surface area contributed by atoms with Gasteiger partial charge in [-0.15, -0.1) is 6.58 Å². The maximum atomic E-state index is 11.3. The molecule has 0 aliphatic heterocycles. The summed E-state index contributed by atoms with van der Waals surface area (Å²) >= 11 is 1.76. The van der Waals surface area contributed by atoms with Gasteiger partial charge in [0.05, 0.1) is 0 Å². The van der Waals surface area contributed by atoms with Crippen LogP contribution in [0.1, 0.15) is 26.7 Å². The Balaban J connectivity index is 3.38. The Hall–Kier alpha value is -0.480. The summed E-state index contributed by atoms with van der Waals surface area (Å²) < 4.78 is 0. The van der Waals surface area contributed by atoms with Crippen LogP contribution < -0.4 is 11.1 Å². The topological polar surface area (TPSA) is 55.1 Å². The largest absolute Gasteiger partial charge is 0.355 e. The number of thioether (sulfide) groups is 1. The predicted molar refractivity (Wildman–Crippen MR) is 68.0 cm³/mol. The average molecular weight is 230 g/mol. The van der Waals surface area contributed by atoms with E-state index in [1.807, 2.05) is 19.9 Å². The molecule has 15 heavy (non-hydrogen) atoms. The Morgan fingerprint density at radius 1 is 1.60 bits per heavy atom. The van der Waals surface area contributed by atoms with Crippen LogP contribution in [0.2, 0.25) is 0 Å². The molecular weight excluding hydrogens is 208 g/mol. The normalized spacial score (nSPS) is 11.1. The number of carbonyl (C=O) groups is 1. The molecule has 88 valence electrons. The quantitative estimate of drug-likeness (QED) is 0.491. The van der Waals surface area contributed by atoms with Crippen LogP contribution in [0.15, 0.2) is 12.7 Å². The lowest BCUT2D eigenvalue weighted by atomic mass is 10.00. The first-order valence-electron chi connectivity index (χ1n) is 5.20. The number of nitrogens with two attached hydrogens (primary N) is 1. The van der Waals surface area contributed by atoms with Crippen LogP contribution in [0.5, 0.6) is 0 Å². The molecule has 0 aliphatic rings. The lowest BCUT2D eigenvalue weighted by Gasteiger charge is -2.17. The van der Waals surface area contributed by atoms with Crippen molar-refractivity contribution in [1.82, 2.24) is 5.32 Å². The molecule has 1 amide bonds. The van der Waals surface area contributed by atoms with Crippen LogP contribution in [0.3, 0.4) is 0 Å². The third-order valence-corrected chi connectivity index (χ3v) is 2.76. The highest BCUT2D eigenvalue weighted by molar-refractivity contribution is 7.99. The van der Waals surface area contributed by atoms with Crippen LogP contribution >= 0.6 is 11.8 Å². The molecule has 0 atom stereocenters. The van der Waals surface area contributed by atoms with Gasteiger partial charge in [0.25, 0.3) is 0 Å². The van der Waals surface area contributed by atoms with Gasteiger partial charge in [0.2, 0.25) is 5.91 Å². The second kappa shape index (κ2) is 7.77. The van der Waals surface area contributed by atoms with E-state index < -0.39 is 0 Å². The van der Waals surface area contributed by atoms with E-state index in [2.05, 4.69) is 11.9 Å². The Kier molecular flexibility index (Phi) is 7.52. The Morgan fingerprint density at radius 2 is 2.27 bits per heavy atom. The second-order valence-electron chi connectivity index (χ2n) is 4.20. The molecule has 4 heteroatoms. The molecule has 0 radical (unpaired) electrons. The van der Waals surface area contributed by atoms with Gasteiger partial charge < -0.3 is 11.1 Å². The predicted octanol–water partition coefficient (Wildman–Crippen LogP) is 1.54. The Labute approximate surface area is 96.9 Å². The SMILES string of the molecule is C=CCSCCNC(=O)CCC(C)(C)N. The number of carbonyl (C=O) groups excluding carboxylic acids is 1. The van der Waals surface area contributed by atoms with Crippen molar-refractivity contribution < 1.29 is 4.79 Å². The fourth-order valence-corrected chi connectivity index (χ4v) is 1.53. The van der Waals surface area contributed by atoms with Crippen LogP contribution in [0, 0.1) is 0 Å². The van der Waals surface area contributed by atoms with E-state index in [0.29, 0.717) is 6.42 Å². The lowest BCUT2D eigenvalue weighted by Crippen LogP contribution is -2.34. The minimum absolute atomic E-state index is 0.0905. The monoisotopic (exact) mass is 230 g/mol. The highest BCUT2D eigenvalue weighted by Crippen LogP contribution is 2.06. The van der Waals surface area contributed by atoms with Crippen molar-refractivity contribution in [1.29, 1.82) is 0 Å². The van der Waals surface area contributed by atoms with E-state index in [1.165, 1.54) is 0 Å². The van der Waals surface area contributed by atoms with Gasteiger partial charge in [-0.1, -0.05) is 6.08 Å². The van der Waals surface area contributed by atoms with Gasteiger partial charge in [0, 0.05) is 30.0 Å². The van der Waals surface area contributed by atoms with Crippen molar-refractivity contribution >= 4 is 17.7 Å². The summed E-state index contributed by atoms with van der Waals surface area (Å²) in [7, 11) is 0. The van der Waals surface area contributed by atoms with E-state index in [-0.39, 0.29) is 11.4 Å². The molecule has 0 aromatic heterocycles. The molecule has 0 heterocycles. The number of nitrogens with one attached hydrogen (secondary N) is 1. The van der Waals surface area contributed by atoms with Gasteiger partial charge in [-0.2, -0.15) is 11.8 Å². The molecule has 0 rings (SSSR count). The maximum absolute atomic E-state index is 11.3. The van der Waals surface area contributed by atoms with Crippen LogP contribution in [-0.4, -0.2) is 29.5 Å². The molecule has 0 aliphatic carbocycles. The van der Waals surface area contributed by atoms with Crippen LogP contribution in [0.25, 0.3) is 0 Å². The first-order valence-corrected chi connectivity index (χ1v) is 6.35. The summed E-state index contributed by atoms with van der Waals surface area (Å²) in [5.74, 6) is 1.96. The first kappa shape index (κ1) is 14.5. The fraction of sp³-hybridized carbons (Fsp3) is 0.727. The van der Waals surface area contributed by atoms with E-state index in [1.54, 1.807) is 11.8 Å². The number of rotatable bonds is 8. The highest BCUT2D eigenvalue weighted by atomic mass is 32.2. The second-order valence-corrected chi connectivity index (χ2v) is 5.35. The standard InChI is InChI=1S/C11H22N2OS/c1-4-8-15-9-7-13-10(14)5-6-11(2,3)12/h4H,1,5-9,12H2,2-3H3,(H,13,14). The van der Waals surface area contributed by atoms with Crippen molar-refractivity contribution in [3.8, 4) is 0 Å². The van der Waals surface area contributed by atoms with Crippen molar-refractivity contribution in [2.24, 2.45) is 5.73 Å². The molecule has 0 fully saturated rings. The lowest BCUT2D eigenvalue weighted by molar-refractivity contribution is -0.121. The number of amides is 1. The summed E-state index contributed by atoms with van der Waals surface area (Å²) in [6, 6.07) is 0. The van der Waals surface area contributed by atoms with Crippen molar-refractivity contribution in [2.75, 3.05) is 18.1 Å². The molecule has 3 N–H and O–H groups in total. The Morgan fingerprint density at radius 3 is 2.80 bits per heavy atom. The van der Waals surface area contributed by atoms with E-state index in [9.17, 15) is 4.79 Å². The molecule has 0 unspecified atom stereocenters.